The van der Waals surface area contributed by atoms with Crippen LogP contribution in [-0.2, 0) is 0 Å². The van der Waals surface area contributed by atoms with E-state index in [4.69, 9.17) is 0 Å². The first-order valence-corrected chi connectivity index (χ1v) is 7.02. The number of pyridine rings is 1. The van der Waals surface area contributed by atoms with Gasteiger partial charge in [-0.3, -0.25) is 9.89 Å². The minimum Gasteiger partial charge on any atom is -0.394 e. The molecule has 0 bridgehead atoms. The van der Waals surface area contributed by atoms with Crippen molar-refractivity contribution < 1.29 is 9.90 Å². The number of aromatic amines is 1. The number of aryl methyl sites for hydroxylation is 1. The molecule has 0 aliphatic heterocycles. The monoisotopic (exact) mass is 290 g/mol. The van der Waals surface area contributed by atoms with E-state index in [1.807, 2.05) is 6.92 Å². The fraction of sp³-hybridized carbons (Fsp3) is 0.533. The van der Waals surface area contributed by atoms with Gasteiger partial charge in [0.15, 0.2) is 5.65 Å². The molecule has 114 valence electrons. The Bertz CT molecular complexity index is 643. The van der Waals surface area contributed by atoms with Gasteiger partial charge in [-0.1, -0.05) is 20.8 Å². The summed E-state index contributed by atoms with van der Waals surface area (Å²) < 4.78 is 0. The highest BCUT2D eigenvalue weighted by Crippen LogP contribution is 2.21. The summed E-state index contributed by atoms with van der Waals surface area (Å²) >= 11 is 0. The van der Waals surface area contributed by atoms with Crippen molar-refractivity contribution in [2.45, 2.75) is 40.2 Å². The zero-order valence-corrected chi connectivity index (χ0v) is 12.9. The van der Waals surface area contributed by atoms with Crippen LogP contribution >= 0.6 is 0 Å². The molecule has 2 aromatic rings. The number of aromatic nitrogens is 3. The van der Waals surface area contributed by atoms with Crippen molar-refractivity contribution in [3.05, 3.63) is 23.5 Å². The Morgan fingerprint density at radius 2 is 2.19 bits per heavy atom. The number of H-pyrrole nitrogens is 1. The van der Waals surface area contributed by atoms with Crippen molar-refractivity contribution in [1.29, 1.82) is 0 Å². The lowest BCUT2D eigenvalue weighted by Gasteiger charge is -2.25. The van der Waals surface area contributed by atoms with Gasteiger partial charge in [0.25, 0.3) is 5.91 Å². The van der Waals surface area contributed by atoms with Crippen LogP contribution in [0.3, 0.4) is 0 Å². The number of amides is 1. The van der Waals surface area contributed by atoms with E-state index >= 15 is 0 Å². The van der Waals surface area contributed by atoms with Gasteiger partial charge in [-0.2, -0.15) is 5.10 Å². The first kappa shape index (κ1) is 15.4. The van der Waals surface area contributed by atoms with Gasteiger partial charge < -0.3 is 10.4 Å². The highest BCUT2D eigenvalue weighted by molar-refractivity contribution is 5.97. The molecule has 0 saturated heterocycles. The van der Waals surface area contributed by atoms with Gasteiger partial charge in [0, 0.05) is 17.3 Å². The molecule has 2 rings (SSSR count). The topological polar surface area (TPSA) is 90.9 Å². The lowest BCUT2D eigenvalue weighted by Crippen LogP contribution is -2.40. The Hall–Kier alpha value is -1.95. The SMILES string of the molecule is Cc1[nH]nc2ncc(C(=O)NC(CO)CC(C)(C)C)cc12. The summed E-state index contributed by atoms with van der Waals surface area (Å²) in [5.41, 5.74) is 1.97. The molecule has 0 aliphatic carbocycles. The van der Waals surface area contributed by atoms with Crippen molar-refractivity contribution in [1.82, 2.24) is 20.5 Å². The Balaban J connectivity index is 2.15. The minimum absolute atomic E-state index is 0.0318. The fourth-order valence-electron chi connectivity index (χ4n) is 2.31. The maximum Gasteiger partial charge on any atom is 0.253 e. The molecule has 0 fully saturated rings. The van der Waals surface area contributed by atoms with Crippen LogP contribution in [0.1, 0.15) is 43.2 Å². The average molecular weight is 290 g/mol. The van der Waals surface area contributed by atoms with Crippen LogP contribution in [0.2, 0.25) is 0 Å². The molecule has 3 N–H and O–H groups in total. The molecule has 0 spiro atoms. The number of hydrogen-bond acceptors (Lipinski definition) is 4. The van der Waals surface area contributed by atoms with Crippen LogP contribution < -0.4 is 5.32 Å². The molecule has 21 heavy (non-hydrogen) atoms. The van der Waals surface area contributed by atoms with E-state index in [-0.39, 0.29) is 24.0 Å². The summed E-state index contributed by atoms with van der Waals surface area (Å²) in [4.78, 5) is 16.4. The number of rotatable bonds is 4. The van der Waals surface area contributed by atoms with Crippen LogP contribution in [-0.4, -0.2) is 38.8 Å². The number of aliphatic hydroxyl groups is 1. The summed E-state index contributed by atoms with van der Waals surface area (Å²) in [6.07, 6.45) is 2.21. The van der Waals surface area contributed by atoms with E-state index in [1.54, 1.807) is 6.07 Å². The van der Waals surface area contributed by atoms with E-state index < -0.39 is 0 Å². The molecule has 0 radical (unpaired) electrons. The number of carbonyl (C=O) groups excluding carboxylic acids is 1. The first-order chi connectivity index (χ1) is 9.80. The van der Waals surface area contributed by atoms with Crippen LogP contribution in [0.15, 0.2) is 12.3 Å². The Kier molecular flexibility index (Phi) is 4.27. The van der Waals surface area contributed by atoms with E-state index in [9.17, 15) is 9.90 Å². The quantitative estimate of drug-likeness (QED) is 0.800. The number of aliphatic hydroxyl groups excluding tert-OH is 1. The second-order valence-corrected chi connectivity index (χ2v) is 6.56. The smallest absolute Gasteiger partial charge is 0.253 e. The number of nitrogens with one attached hydrogen (secondary N) is 2. The predicted molar refractivity (Wildman–Crippen MR) is 81.0 cm³/mol. The van der Waals surface area contributed by atoms with Gasteiger partial charge in [0.1, 0.15) is 0 Å². The molecule has 6 nitrogen and oxygen atoms in total. The van der Waals surface area contributed by atoms with Crippen molar-refractivity contribution in [2.75, 3.05) is 6.61 Å². The van der Waals surface area contributed by atoms with Gasteiger partial charge in [0.05, 0.1) is 18.2 Å². The standard InChI is InChI=1S/C15H22N4O2/c1-9-12-5-10(7-16-13(12)19-18-9)14(21)17-11(8-20)6-15(2,3)4/h5,7,11,20H,6,8H2,1-4H3,(H,17,21)(H,16,18,19). The molecule has 1 atom stereocenters. The maximum absolute atomic E-state index is 12.3. The van der Waals surface area contributed by atoms with E-state index in [0.29, 0.717) is 17.6 Å². The van der Waals surface area contributed by atoms with Gasteiger partial charge in [-0.15, -0.1) is 0 Å². The molecule has 0 saturated carbocycles. The summed E-state index contributed by atoms with van der Waals surface area (Å²) in [5.74, 6) is -0.228. The molecule has 0 aromatic carbocycles. The van der Waals surface area contributed by atoms with Crippen molar-refractivity contribution >= 4 is 16.9 Å². The summed E-state index contributed by atoms with van der Waals surface area (Å²) in [7, 11) is 0. The number of fused-ring (bicyclic) bond motifs is 1. The normalized spacial score (nSPS) is 13.4. The third-order valence-corrected chi connectivity index (χ3v) is 3.28. The summed E-state index contributed by atoms with van der Waals surface area (Å²) in [5, 5.41) is 20.0. The highest BCUT2D eigenvalue weighted by atomic mass is 16.3. The van der Waals surface area contributed by atoms with Gasteiger partial charge in [0.2, 0.25) is 0 Å². The zero-order chi connectivity index (χ0) is 15.6. The summed E-state index contributed by atoms with van der Waals surface area (Å²) in [6, 6.07) is 1.50. The third kappa shape index (κ3) is 3.78. The van der Waals surface area contributed by atoms with E-state index in [1.165, 1.54) is 6.20 Å². The van der Waals surface area contributed by atoms with Crippen LogP contribution in [0.25, 0.3) is 11.0 Å². The lowest BCUT2D eigenvalue weighted by atomic mass is 9.88. The number of hydrogen-bond donors (Lipinski definition) is 3. The van der Waals surface area contributed by atoms with Crippen molar-refractivity contribution in [3.63, 3.8) is 0 Å². The fourth-order valence-corrected chi connectivity index (χ4v) is 2.31. The Labute approximate surface area is 124 Å². The second-order valence-electron chi connectivity index (χ2n) is 6.56. The van der Waals surface area contributed by atoms with Crippen LogP contribution in [0, 0.1) is 12.3 Å². The Morgan fingerprint density at radius 3 is 2.81 bits per heavy atom. The first-order valence-electron chi connectivity index (χ1n) is 7.02. The number of nitrogens with zero attached hydrogens (tertiary/aromatic N) is 2. The molecule has 6 heteroatoms. The minimum atomic E-state index is -0.265. The van der Waals surface area contributed by atoms with Gasteiger partial charge in [-0.05, 0) is 24.8 Å². The molecule has 2 heterocycles. The molecular formula is C15H22N4O2. The molecule has 2 aromatic heterocycles. The number of carbonyl (C=O) groups is 1. The highest BCUT2D eigenvalue weighted by Gasteiger charge is 2.20. The maximum atomic E-state index is 12.3. The summed E-state index contributed by atoms with van der Waals surface area (Å²) in [6.45, 7) is 8.02. The van der Waals surface area contributed by atoms with Crippen LogP contribution in [0.5, 0.6) is 0 Å². The van der Waals surface area contributed by atoms with Crippen molar-refractivity contribution in [3.8, 4) is 0 Å². The largest absolute Gasteiger partial charge is 0.394 e. The van der Waals surface area contributed by atoms with Gasteiger partial charge in [-0.25, -0.2) is 4.98 Å². The van der Waals surface area contributed by atoms with Crippen LogP contribution in [0.4, 0.5) is 0 Å². The predicted octanol–water partition coefficient (Wildman–Crippen LogP) is 1.79. The van der Waals surface area contributed by atoms with E-state index in [2.05, 4.69) is 41.3 Å². The average Bonchev–Trinajstić information content (AvgIpc) is 2.77. The van der Waals surface area contributed by atoms with E-state index in [0.717, 1.165) is 11.1 Å². The lowest BCUT2D eigenvalue weighted by molar-refractivity contribution is 0.0897. The molecule has 0 aliphatic rings. The third-order valence-electron chi connectivity index (χ3n) is 3.28. The second kappa shape index (κ2) is 5.81. The molecular weight excluding hydrogens is 268 g/mol. The molecule has 1 amide bonds. The Morgan fingerprint density at radius 1 is 1.48 bits per heavy atom. The molecule has 1 unspecified atom stereocenters. The van der Waals surface area contributed by atoms with Gasteiger partial charge >= 0.3 is 0 Å². The van der Waals surface area contributed by atoms with Crippen molar-refractivity contribution in [2.24, 2.45) is 5.41 Å². The zero-order valence-electron chi connectivity index (χ0n) is 12.9.